The lowest BCUT2D eigenvalue weighted by Gasteiger charge is -2.42. The molecule has 0 spiro atoms. The van der Waals surface area contributed by atoms with Gasteiger partial charge in [0.15, 0.2) is 0 Å². The first kappa shape index (κ1) is 13.8. The van der Waals surface area contributed by atoms with Crippen molar-refractivity contribution in [2.75, 3.05) is 33.3 Å². The fourth-order valence-corrected chi connectivity index (χ4v) is 2.99. The Labute approximate surface area is 109 Å². The van der Waals surface area contributed by atoms with Gasteiger partial charge in [0.2, 0.25) is 5.91 Å². The summed E-state index contributed by atoms with van der Waals surface area (Å²) in [5.41, 5.74) is 4.95. The molecule has 0 bridgehead atoms. The van der Waals surface area contributed by atoms with Gasteiger partial charge < -0.3 is 15.8 Å². The van der Waals surface area contributed by atoms with E-state index in [1.165, 1.54) is 0 Å². The molecule has 1 aliphatic carbocycles. The van der Waals surface area contributed by atoms with E-state index >= 15 is 0 Å². The number of carbonyl (C=O) groups is 1. The minimum Gasteiger partial charge on any atom is -0.373 e. The van der Waals surface area contributed by atoms with Gasteiger partial charge in [0.05, 0.1) is 12.2 Å². The van der Waals surface area contributed by atoms with Crippen LogP contribution in [0, 0.1) is 5.92 Å². The average Bonchev–Trinajstić information content (AvgIpc) is 3.08. The van der Waals surface area contributed by atoms with Gasteiger partial charge in [0.1, 0.15) is 5.54 Å². The molecule has 1 saturated carbocycles. The van der Waals surface area contributed by atoms with Crippen molar-refractivity contribution in [3.63, 3.8) is 0 Å². The van der Waals surface area contributed by atoms with E-state index in [2.05, 4.69) is 24.1 Å². The van der Waals surface area contributed by atoms with E-state index < -0.39 is 5.54 Å². The molecule has 0 aromatic rings. The Morgan fingerprint density at radius 1 is 1.56 bits per heavy atom. The third kappa shape index (κ3) is 2.68. The van der Waals surface area contributed by atoms with Crippen molar-refractivity contribution in [3.05, 3.63) is 0 Å². The average molecular weight is 255 g/mol. The van der Waals surface area contributed by atoms with Crippen molar-refractivity contribution in [3.8, 4) is 0 Å². The number of morpholine rings is 1. The number of nitrogens with one attached hydrogen (secondary N) is 1. The Kier molecular flexibility index (Phi) is 3.67. The third-order valence-electron chi connectivity index (χ3n) is 4.14. The van der Waals surface area contributed by atoms with Gasteiger partial charge in [-0.1, -0.05) is 0 Å². The van der Waals surface area contributed by atoms with Crippen LogP contribution in [0.15, 0.2) is 0 Å². The molecule has 1 unspecified atom stereocenters. The molecule has 5 heteroatoms. The Bertz CT molecular complexity index is 328. The molecular formula is C13H25N3O2. The number of hydrogen-bond acceptors (Lipinski definition) is 4. The number of nitrogens with zero attached hydrogens (tertiary/aromatic N) is 1. The summed E-state index contributed by atoms with van der Waals surface area (Å²) in [4.78, 5) is 14.2. The van der Waals surface area contributed by atoms with E-state index in [1.807, 2.05) is 7.05 Å². The summed E-state index contributed by atoms with van der Waals surface area (Å²) in [7, 11) is 1.84. The number of primary amides is 1. The normalized spacial score (nSPS) is 27.7. The zero-order valence-corrected chi connectivity index (χ0v) is 11.7. The van der Waals surface area contributed by atoms with Crippen molar-refractivity contribution in [2.24, 2.45) is 11.7 Å². The molecule has 2 fully saturated rings. The number of rotatable bonds is 5. The van der Waals surface area contributed by atoms with Crippen LogP contribution < -0.4 is 11.1 Å². The number of hydrogen-bond donors (Lipinski definition) is 2. The number of ether oxygens (including phenoxy) is 1. The van der Waals surface area contributed by atoms with Gasteiger partial charge in [-0.25, -0.2) is 0 Å². The predicted octanol–water partition coefficient (Wildman–Crippen LogP) is -0.0493. The topological polar surface area (TPSA) is 67.6 Å². The van der Waals surface area contributed by atoms with Crippen molar-refractivity contribution in [1.82, 2.24) is 10.2 Å². The highest BCUT2D eigenvalue weighted by Crippen LogP contribution is 2.40. The first-order chi connectivity index (χ1) is 8.39. The number of nitrogens with two attached hydrogens (primary N) is 1. The molecule has 2 rings (SSSR count). The smallest absolute Gasteiger partial charge is 0.239 e. The molecule has 1 atom stereocenters. The second-order valence-corrected chi connectivity index (χ2v) is 6.18. The molecule has 104 valence electrons. The van der Waals surface area contributed by atoms with Gasteiger partial charge in [0.25, 0.3) is 0 Å². The largest absolute Gasteiger partial charge is 0.373 e. The van der Waals surface area contributed by atoms with Crippen molar-refractivity contribution in [2.45, 2.75) is 37.8 Å². The van der Waals surface area contributed by atoms with Crippen LogP contribution in [0.1, 0.15) is 26.7 Å². The van der Waals surface area contributed by atoms with Crippen LogP contribution in [0.2, 0.25) is 0 Å². The molecule has 0 aromatic heterocycles. The summed E-state index contributed by atoms with van der Waals surface area (Å²) in [6.07, 6.45) is 2.19. The molecule has 3 N–H and O–H groups in total. The van der Waals surface area contributed by atoms with E-state index in [4.69, 9.17) is 10.5 Å². The van der Waals surface area contributed by atoms with Gasteiger partial charge in [-0.2, -0.15) is 0 Å². The number of amides is 1. The zero-order chi connectivity index (χ0) is 13.4. The predicted molar refractivity (Wildman–Crippen MR) is 70.2 cm³/mol. The Balaban J connectivity index is 2.07. The minimum absolute atomic E-state index is 0.140. The highest BCUT2D eigenvalue weighted by molar-refractivity contribution is 5.86. The molecule has 18 heavy (non-hydrogen) atoms. The SMILES string of the molecule is CNC(CN1CCOC(C)(C)C1)(C(N)=O)C1CC1. The Morgan fingerprint density at radius 2 is 2.22 bits per heavy atom. The van der Waals surface area contributed by atoms with Crippen molar-refractivity contribution >= 4 is 5.91 Å². The molecule has 0 aromatic carbocycles. The summed E-state index contributed by atoms with van der Waals surface area (Å²) in [6.45, 7) is 7.29. The minimum atomic E-state index is -0.562. The summed E-state index contributed by atoms with van der Waals surface area (Å²) >= 11 is 0. The van der Waals surface area contributed by atoms with Crippen LogP contribution in [-0.4, -0.2) is 55.2 Å². The van der Waals surface area contributed by atoms with E-state index in [1.54, 1.807) is 0 Å². The summed E-state index contributed by atoms with van der Waals surface area (Å²) in [5, 5.41) is 3.19. The fourth-order valence-electron chi connectivity index (χ4n) is 2.99. The number of likely N-dealkylation sites (N-methyl/N-ethyl adjacent to an activating group) is 1. The van der Waals surface area contributed by atoms with Crippen LogP contribution >= 0.6 is 0 Å². The third-order valence-corrected chi connectivity index (χ3v) is 4.14. The first-order valence-corrected chi connectivity index (χ1v) is 6.75. The highest BCUT2D eigenvalue weighted by Gasteiger charge is 2.50. The molecule has 5 nitrogen and oxygen atoms in total. The molecule has 1 saturated heterocycles. The van der Waals surface area contributed by atoms with E-state index in [0.717, 1.165) is 32.5 Å². The molecule has 1 amide bonds. The Hall–Kier alpha value is -0.650. The van der Waals surface area contributed by atoms with E-state index in [9.17, 15) is 4.79 Å². The molecule has 2 aliphatic rings. The van der Waals surface area contributed by atoms with Gasteiger partial charge in [-0.3, -0.25) is 9.69 Å². The first-order valence-electron chi connectivity index (χ1n) is 6.75. The fraction of sp³-hybridized carbons (Fsp3) is 0.923. The summed E-state index contributed by atoms with van der Waals surface area (Å²) in [6, 6.07) is 0. The quantitative estimate of drug-likeness (QED) is 0.723. The van der Waals surface area contributed by atoms with Gasteiger partial charge >= 0.3 is 0 Å². The highest BCUT2D eigenvalue weighted by atomic mass is 16.5. The van der Waals surface area contributed by atoms with Crippen molar-refractivity contribution in [1.29, 1.82) is 0 Å². The van der Waals surface area contributed by atoms with Crippen LogP contribution in [0.5, 0.6) is 0 Å². The monoisotopic (exact) mass is 255 g/mol. The van der Waals surface area contributed by atoms with Crippen LogP contribution in [-0.2, 0) is 9.53 Å². The summed E-state index contributed by atoms with van der Waals surface area (Å²) in [5.74, 6) is 0.169. The zero-order valence-electron chi connectivity index (χ0n) is 11.7. The summed E-state index contributed by atoms with van der Waals surface area (Å²) < 4.78 is 5.70. The Morgan fingerprint density at radius 3 is 2.67 bits per heavy atom. The van der Waals surface area contributed by atoms with Gasteiger partial charge in [0, 0.05) is 19.6 Å². The lowest BCUT2D eigenvalue weighted by Crippen LogP contribution is -2.64. The maximum absolute atomic E-state index is 11.9. The van der Waals surface area contributed by atoms with Crippen LogP contribution in [0.4, 0.5) is 0 Å². The molecule has 0 radical (unpaired) electrons. The molecule has 1 aliphatic heterocycles. The second-order valence-electron chi connectivity index (χ2n) is 6.18. The van der Waals surface area contributed by atoms with Gasteiger partial charge in [-0.05, 0) is 39.7 Å². The lowest BCUT2D eigenvalue weighted by molar-refractivity contribution is -0.129. The van der Waals surface area contributed by atoms with E-state index in [-0.39, 0.29) is 11.5 Å². The maximum atomic E-state index is 11.9. The lowest BCUT2D eigenvalue weighted by atomic mass is 9.90. The van der Waals surface area contributed by atoms with Crippen molar-refractivity contribution < 1.29 is 9.53 Å². The molecular weight excluding hydrogens is 230 g/mol. The van der Waals surface area contributed by atoms with Crippen LogP contribution in [0.25, 0.3) is 0 Å². The second kappa shape index (κ2) is 4.79. The van der Waals surface area contributed by atoms with Gasteiger partial charge in [-0.15, -0.1) is 0 Å². The van der Waals surface area contributed by atoms with E-state index in [0.29, 0.717) is 12.5 Å². The standard InChI is InChI=1S/C13H25N3O2/c1-12(2)8-16(6-7-18-12)9-13(15-3,11(14)17)10-4-5-10/h10,15H,4-9H2,1-3H3,(H2,14,17). The molecule has 1 heterocycles. The van der Waals surface area contributed by atoms with Crippen LogP contribution in [0.3, 0.4) is 0 Å². The number of carbonyl (C=O) groups excluding carboxylic acids is 1. The maximum Gasteiger partial charge on any atom is 0.239 e.